The Hall–Kier alpha value is -0.370. The molecule has 11 heavy (non-hydrogen) atoms. The molecule has 0 spiro atoms. The van der Waals surface area contributed by atoms with Gasteiger partial charge in [0.15, 0.2) is 5.78 Å². The van der Waals surface area contributed by atoms with E-state index in [2.05, 4.69) is 0 Å². The van der Waals surface area contributed by atoms with E-state index >= 15 is 0 Å². The van der Waals surface area contributed by atoms with Gasteiger partial charge in [-0.05, 0) is 12.3 Å². The highest BCUT2D eigenvalue weighted by Crippen LogP contribution is 2.11. The van der Waals surface area contributed by atoms with Gasteiger partial charge in [-0.1, -0.05) is 13.8 Å². The molecule has 64 valence electrons. The SMILES string of the molecule is CC(=O)C(=O)C(Cl)CC(C)C. The van der Waals surface area contributed by atoms with E-state index in [9.17, 15) is 9.59 Å². The van der Waals surface area contributed by atoms with E-state index in [0.29, 0.717) is 12.3 Å². The summed E-state index contributed by atoms with van der Waals surface area (Å²) in [6.07, 6.45) is 0.569. The summed E-state index contributed by atoms with van der Waals surface area (Å²) in [6.45, 7) is 5.17. The number of carbonyl (C=O) groups excluding carboxylic acids is 2. The monoisotopic (exact) mass is 176 g/mol. The first-order chi connectivity index (χ1) is 4.95. The first kappa shape index (κ1) is 10.6. The van der Waals surface area contributed by atoms with Crippen LogP contribution in [-0.2, 0) is 9.59 Å². The number of rotatable bonds is 4. The van der Waals surface area contributed by atoms with Crippen LogP contribution in [-0.4, -0.2) is 16.9 Å². The summed E-state index contributed by atoms with van der Waals surface area (Å²) < 4.78 is 0. The summed E-state index contributed by atoms with van der Waals surface area (Å²) in [5.41, 5.74) is 0. The lowest BCUT2D eigenvalue weighted by molar-refractivity contribution is -0.135. The summed E-state index contributed by atoms with van der Waals surface area (Å²) in [4.78, 5) is 21.4. The fourth-order valence-corrected chi connectivity index (χ4v) is 1.25. The zero-order chi connectivity index (χ0) is 9.02. The van der Waals surface area contributed by atoms with Crippen molar-refractivity contribution in [3.63, 3.8) is 0 Å². The molecule has 0 amide bonds. The van der Waals surface area contributed by atoms with Gasteiger partial charge in [0, 0.05) is 6.92 Å². The Morgan fingerprint density at radius 2 is 1.82 bits per heavy atom. The maximum atomic E-state index is 10.9. The van der Waals surface area contributed by atoms with Crippen molar-refractivity contribution in [3.8, 4) is 0 Å². The van der Waals surface area contributed by atoms with Crippen molar-refractivity contribution in [1.82, 2.24) is 0 Å². The van der Waals surface area contributed by atoms with Crippen LogP contribution in [0.4, 0.5) is 0 Å². The summed E-state index contributed by atoms with van der Waals surface area (Å²) in [5, 5.41) is -0.632. The number of halogens is 1. The van der Waals surface area contributed by atoms with Crippen LogP contribution in [0.5, 0.6) is 0 Å². The summed E-state index contributed by atoms with van der Waals surface area (Å²) >= 11 is 5.65. The first-order valence-corrected chi connectivity index (χ1v) is 4.07. The average molecular weight is 177 g/mol. The number of ketones is 2. The van der Waals surface area contributed by atoms with Crippen molar-refractivity contribution < 1.29 is 9.59 Å². The van der Waals surface area contributed by atoms with E-state index in [0.717, 1.165) is 0 Å². The molecule has 0 fully saturated rings. The quantitative estimate of drug-likeness (QED) is 0.484. The van der Waals surface area contributed by atoms with E-state index < -0.39 is 16.9 Å². The summed E-state index contributed by atoms with van der Waals surface area (Å²) in [5.74, 6) is -0.577. The van der Waals surface area contributed by atoms with Crippen molar-refractivity contribution in [3.05, 3.63) is 0 Å². The Morgan fingerprint density at radius 3 is 2.09 bits per heavy atom. The predicted octanol–water partition coefficient (Wildman–Crippen LogP) is 1.80. The lowest BCUT2D eigenvalue weighted by Gasteiger charge is -2.07. The second kappa shape index (κ2) is 4.50. The highest BCUT2D eigenvalue weighted by Gasteiger charge is 2.19. The smallest absolute Gasteiger partial charge is 0.215 e. The predicted molar refractivity (Wildman–Crippen MR) is 44.8 cm³/mol. The Bertz CT molecular complexity index is 163. The summed E-state index contributed by atoms with van der Waals surface area (Å²) in [7, 11) is 0. The molecular formula is C8H13ClO2. The van der Waals surface area contributed by atoms with Crippen LogP contribution in [0.25, 0.3) is 0 Å². The molecule has 0 saturated carbocycles. The molecule has 0 aliphatic carbocycles. The normalized spacial score (nSPS) is 13.2. The molecule has 0 aromatic heterocycles. The van der Waals surface area contributed by atoms with Gasteiger partial charge in [0.25, 0.3) is 0 Å². The van der Waals surface area contributed by atoms with E-state index in [-0.39, 0.29) is 0 Å². The molecule has 3 heteroatoms. The third-order valence-corrected chi connectivity index (χ3v) is 1.69. The van der Waals surface area contributed by atoms with E-state index in [1.807, 2.05) is 13.8 Å². The van der Waals surface area contributed by atoms with Gasteiger partial charge in [-0.3, -0.25) is 9.59 Å². The summed E-state index contributed by atoms with van der Waals surface area (Å²) in [6, 6.07) is 0. The first-order valence-electron chi connectivity index (χ1n) is 3.64. The number of carbonyl (C=O) groups is 2. The van der Waals surface area contributed by atoms with Crippen molar-refractivity contribution in [2.45, 2.75) is 32.6 Å². The van der Waals surface area contributed by atoms with Crippen molar-refractivity contribution in [2.24, 2.45) is 5.92 Å². The Balaban J connectivity index is 3.93. The van der Waals surface area contributed by atoms with Gasteiger partial charge < -0.3 is 0 Å². The van der Waals surface area contributed by atoms with Crippen LogP contribution in [0.15, 0.2) is 0 Å². The fourth-order valence-electron chi connectivity index (χ4n) is 0.741. The minimum atomic E-state index is -0.632. The third-order valence-electron chi connectivity index (χ3n) is 1.31. The van der Waals surface area contributed by atoms with Crippen molar-refractivity contribution in [1.29, 1.82) is 0 Å². The molecule has 0 aromatic rings. The molecule has 0 saturated heterocycles. The highest BCUT2D eigenvalue weighted by molar-refractivity contribution is 6.49. The van der Waals surface area contributed by atoms with Gasteiger partial charge in [0.05, 0.1) is 0 Å². The molecule has 0 aliphatic rings. The zero-order valence-corrected chi connectivity index (χ0v) is 7.81. The lowest BCUT2D eigenvalue weighted by Crippen LogP contribution is -2.23. The van der Waals surface area contributed by atoms with Gasteiger partial charge in [0.1, 0.15) is 5.38 Å². The minimum Gasteiger partial charge on any atom is -0.291 e. The maximum absolute atomic E-state index is 10.9. The Kier molecular flexibility index (Phi) is 4.34. The van der Waals surface area contributed by atoms with E-state index in [1.54, 1.807) is 0 Å². The van der Waals surface area contributed by atoms with Crippen LogP contribution in [0.3, 0.4) is 0 Å². The Morgan fingerprint density at radius 1 is 1.36 bits per heavy atom. The maximum Gasteiger partial charge on any atom is 0.215 e. The van der Waals surface area contributed by atoms with Crippen LogP contribution in [0.1, 0.15) is 27.2 Å². The van der Waals surface area contributed by atoms with E-state index in [4.69, 9.17) is 11.6 Å². The molecule has 0 aliphatic heterocycles. The number of Topliss-reactive ketones (excluding diaryl/α,β-unsaturated/α-hetero) is 2. The lowest BCUT2D eigenvalue weighted by atomic mass is 10.0. The second-order valence-corrected chi connectivity index (χ2v) is 3.54. The molecule has 0 radical (unpaired) electrons. The zero-order valence-electron chi connectivity index (χ0n) is 7.06. The van der Waals surface area contributed by atoms with Crippen molar-refractivity contribution in [2.75, 3.05) is 0 Å². The molecule has 1 unspecified atom stereocenters. The van der Waals surface area contributed by atoms with Gasteiger partial charge in [-0.2, -0.15) is 0 Å². The fraction of sp³-hybridized carbons (Fsp3) is 0.750. The topological polar surface area (TPSA) is 34.1 Å². The van der Waals surface area contributed by atoms with Crippen LogP contribution in [0, 0.1) is 5.92 Å². The Labute approximate surface area is 71.9 Å². The van der Waals surface area contributed by atoms with Crippen LogP contribution >= 0.6 is 11.6 Å². The minimum absolute atomic E-state index is 0.348. The van der Waals surface area contributed by atoms with Gasteiger partial charge in [0.2, 0.25) is 5.78 Å². The number of hydrogen-bond acceptors (Lipinski definition) is 2. The molecular weight excluding hydrogens is 164 g/mol. The molecule has 2 nitrogen and oxygen atoms in total. The molecule has 0 aromatic carbocycles. The molecule has 0 bridgehead atoms. The number of hydrogen-bond donors (Lipinski definition) is 0. The second-order valence-electron chi connectivity index (χ2n) is 3.02. The largest absolute Gasteiger partial charge is 0.291 e. The van der Waals surface area contributed by atoms with Gasteiger partial charge in [-0.25, -0.2) is 0 Å². The van der Waals surface area contributed by atoms with Crippen LogP contribution < -0.4 is 0 Å². The van der Waals surface area contributed by atoms with Crippen molar-refractivity contribution >= 4 is 23.2 Å². The third kappa shape index (κ3) is 4.14. The van der Waals surface area contributed by atoms with Crippen LogP contribution in [0.2, 0.25) is 0 Å². The molecule has 0 heterocycles. The molecule has 0 N–H and O–H groups in total. The highest BCUT2D eigenvalue weighted by atomic mass is 35.5. The molecule has 1 atom stereocenters. The average Bonchev–Trinajstić information content (AvgIpc) is 1.84. The standard InChI is InChI=1S/C8H13ClO2/c1-5(2)4-7(9)8(11)6(3)10/h5,7H,4H2,1-3H3. The van der Waals surface area contributed by atoms with E-state index in [1.165, 1.54) is 6.92 Å². The molecule has 0 rings (SSSR count). The van der Waals surface area contributed by atoms with Gasteiger partial charge >= 0.3 is 0 Å². The van der Waals surface area contributed by atoms with Gasteiger partial charge in [-0.15, -0.1) is 11.6 Å². The number of alkyl halides is 1.